The molecule has 192 valence electrons. The molecule has 13 heteroatoms. The molecule has 0 radical (unpaired) electrons. The van der Waals surface area contributed by atoms with E-state index in [1.54, 1.807) is 40.8 Å². The monoisotopic (exact) mass is 532 g/mol. The van der Waals surface area contributed by atoms with E-state index in [4.69, 9.17) is 25.8 Å². The van der Waals surface area contributed by atoms with Gasteiger partial charge in [-0.15, -0.1) is 10.2 Å². The molecule has 1 amide bonds. The number of carbonyl (C=O) groups is 1. The normalized spacial score (nSPS) is 14.7. The van der Waals surface area contributed by atoms with Gasteiger partial charge in [0.2, 0.25) is 11.5 Å². The standard InChI is InChI=1S/C25H21ClN8O4/c1-12-31-32-22-17(36-2)9-15(11-33(12)22)34-20(13-5-7-14(26)8-6-13)18-19(24(34)35)29-21(28-18)16-10-27-25(38-4)30-23(16)37-3/h5-11,20H,1-4H3,(H,28,29)/t20-/m0/s1. The Bertz CT molecular complexity index is 1700. The van der Waals surface area contributed by atoms with Crippen LogP contribution in [0.15, 0.2) is 42.7 Å². The predicted octanol–water partition coefficient (Wildman–Crippen LogP) is 3.65. The van der Waals surface area contributed by atoms with E-state index in [2.05, 4.69) is 30.1 Å². The van der Waals surface area contributed by atoms with Crippen LogP contribution in [-0.4, -0.2) is 61.8 Å². The number of fused-ring (bicyclic) bond motifs is 2. The van der Waals surface area contributed by atoms with Crippen molar-refractivity contribution >= 4 is 28.8 Å². The second-order valence-corrected chi connectivity index (χ2v) is 8.90. The zero-order valence-electron chi connectivity index (χ0n) is 20.8. The van der Waals surface area contributed by atoms with Crippen LogP contribution in [0.25, 0.3) is 17.0 Å². The Morgan fingerprint density at radius 3 is 2.53 bits per heavy atom. The SMILES string of the molecule is COc1ncc(-c2nc3c([nH]2)[C@H](c2ccc(Cl)cc2)N(c2cc(OC)c4nnc(C)n4c2)C3=O)c(OC)n1. The molecule has 0 spiro atoms. The molecule has 1 atom stereocenters. The zero-order chi connectivity index (χ0) is 26.6. The molecule has 0 saturated heterocycles. The molecule has 1 aromatic carbocycles. The number of amides is 1. The average molecular weight is 533 g/mol. The number of benzene rings is 1. The molecular weight excluding hydrogens is 512 g/mol. The number of hydrogen-bond acceptors (Lipinski definition) is 9. The van der Waals surface area contributed by atoms with Crippen molar-refractivity contribution in [2.24, 2.45) is 0 Å². The summed E-state index contributed by atoms with van der Waals surface area (Å²) in [6.45, 7) is 1.83. The van der Waals surface area contributed by atoms with Gasteiger partial charge in [0.1, 0.15) is 17.7 Å². The molecule has 0 unspecified atom stereocenters. The van der Waals surface area contributed by atoms with Crippen LogP contribution in [0.2, 0.25) is 5.02 Å². The second-order valence-electron chi connectivity index (χ2n) is 8.46. The van der Waals surface area contributed by atoms with Gasteiger partial charge in [0.25, 0.3) is 5.91 Å². The topological polar surface area (TPSA) is 133 Å². The molecule has 5 aromatic rings. The molecule has 0 fully saturated rings. The summed E-state index contributed by atoms with van der Waals surface area (Å²) in [6.07, 6.45) is 3.34. The number of halogens is 1. The first-order valence-electron chi connectivity index (χ1n) is 11.5. The lowest BCUT2D eigenvalue weighted by atomic mass is 10.0. The first-order valence-corrected chi connectivity index (χ1v) is 11.8. The third-order valence-corrected chi connectivity index (χ3v) is 6.61. The molecule has 1 N–H and O–H groups in total. The van der Waals surface area contributed by atoms with E-state index in [-0.39, 0.29) is 23.5 Å². The third kappa shape index (κ3) is 3.60. The molecule has 4 aromatic heterocycles. The second kappa shape index (κ2) is 8.99. The van der Waals surface area contributed by atoms with Gasteiger partial charge in [-0.25, -0.2) is 9.97 Å². The van der Waals surface area contributed by atoms with Crippen LogP contribution in [0.1, 0.15) is 33.6 Å². The molecule has 5 heterocycles. The number of methoxy groups -OCH3 is 3. The highest BCUT2D eigenvalue weighted by atomic mass is 35.5. The van der Waals surface area contributed by atoms with Crippen molar-refractivity contribution in [3.63, 3.8) is 0 Å². The number of H-pyrrole nitrogens is 1. The van der Waals surface area contributed by atoms with E-state index in [1.165, 1.54) is 20.4 Å². The highest BCUT2D eigenvalue weighted by Gasteiger charge is 2.43. The van der Waals surface area contributed by atoms with Crippen LogP contribution < -0.4 is 19.1 Å². The van der Waals surface area contributed by atoms with E-state index in [1.807, 2.05) is 19.1 Å². The molecule has 0 aliphatic carbocycles. The number of ether oxygens (including phenoxy) is 3. The van der Waals surface area contributed by atoms with Crippen molar-refractivity contribution in [3.05, 3.63) is 70.5 Å². The maximum absolute atomic E-state index is 14.0. The molecule has 38 heavy (non-hydrogen) atoms. The maximum atomic E-state index is 14.0. The first kappa shape index (κ1) is 23.7. The molecule has 6 rings (SSSR count). The van der Waals surface area contributed by atoms with Crippen LogP contribution in [-0.2, 0) is 0 Å². The van der Waals surface area contributed by atoms with Gasteiger partial charge in [0.05, 0.1) is 38.3 Å². The number of nitrogens with one attached hydrogen (secondary N) is 1. The minimum Gasteiger partial charge on any atom is -0.493 e. The number of hydrogen-bond donors (Lipinski definition) is 1. The lowest BCUT2D eigenvalue weighted by molar-refractivity contribution is 0.0989. The van der Waals surface area contributed by atoms with Crippen molar-refractivity contribution in [2.75, 3.05) is 26.2 Å². The van der Waals surface area contributed by atoms with Crippen LogP contribution >= 0.6 is 11.6 Å². The van der Waals surface area contributed by atoms with Crippen molar-refractivity contribution < 1.29 is 19.0 Å². The fourth-order valence-corrected chi connectivity index (χ4v) is 4.70. The fraction of sp³-hybridized carbons (Fsp3) is 0.200. The van der Waals surface area contributed by atoms with Crippen molar-refractivity contribution in [1.82, 2.24) is 34.5 Å². The number of rotatable bonds is 6. The molecule has 12 nitrogen and oxygen atoms in total. The lowest BCUT2D eigenvalue weighted by Gasteiger charge is -2.26. The van der Waals surface area contributed by atoms with Crippen LogP contribution in [0, 0.1) is 6.92 Å². The van der Waals surface area contributed by atoms with Gasteiger partial charge in [-0.1, -0.05) is 23.7 Å². The Balaban J connectivity index is 1.53. The van der Waals surface area contributed by atoms with E-state index in [9.17, 15) is 4.79 Å². The molecule has 1 aliphatic heterocycles. The largest absolute Gasteiger partial charge is 0.493 e. The Hall–Kier alpha value is -4.71. The Morgan fingerprint density at radius 2 is 1.82 bits per heavy atom. The Morgan fingerprint density at radius 1 is 1.03 bits per heavy atom. The summed E-state index contributed by atoms with van der Waals surface area (Å²) in [5, 5.41) is 8.91. The minimum atomic E-state index is -0.542. The van der Waals surface area contributed by atoms with Crippen molar-refractivity contribution in [1.29, 1.82) is 0 Å². The van der Waals surface area contributed by atoms with Gasteiger partial charge in [-0.3, -0.25) is 14.1 Å². The summed E-state index contributed by atoms with van der Waals surface area (Å²) in [5.41, 5.74) is 3.31. The van der Waals surface area contributed by atoms with Gasteiger partial charge in [-0.2, -0.15) is 4.98 Å². The van der Waals surface area contributed by atoms with E-state index >= 15 is 0 Å². The zero-order valence-corrected chi connectivity index (χ0v) is 21.5. The summed E-state index contributed by atoms with van der Waals surface area (Å²) < 4.78 is 17.9. The number of pyridine rings is 1. The number of aryl methyl sites for hydroxylation is 1. The van der Waals surface area contributed by atoms with Crippen LogP contribution in [0.3, 0.4) is 0 Å². The predicted molar refractivity (Wildman–Crippen MR) is 137 cm³/mol. The van der Waals surface area contributed by atoms with Gasteiger partial charge < -0.3 is 19.2 Å². The van der Waals surface area contributed by atoms with Crippen LogP contribution in [0.4, 0.5) is 5.69 Å². The van der Waals surface area contributed by atoms with Gasteiger partial charge in [0, 0.05) is 23.5 Å². The first-order chi connectivity index (χ1) is 18.4. The summed E-state index contributed by atoms with van der Waals surface area (Å²) in [4.78, 5) is 32.0. The van der Waals surface area contributed by atoms with Crippen molar-refractivity contribution in [3.8, 4) is 29.0 Å². The molecule has 1 aliphatic rings. The number of anilines is 1. The number of nitrogens with zero attached hydrogens (tertiary/aromatic N) is 7. The number of carbonyl (C=O) groups excluding carboxylic acids is 1. The Labute approximate surface area is 221 Å². The summed E-state index contributed by atoms with van der Waals surface area (Å²) in [5.74, 6) is 1.48. The number of aromatic nitrogens is 7. The molecule has 0 bridgehead atoms. The number of aromatic amines is 1. The van der Waals surface area contributed by atoms with Gasteiger partial charge >= 0.3 is 6.01 Å². The highest BCUT2D eigenvalue weighted by molar-refractivity contribution is 6.30. The average Bonchev–Trinajstić information content (AvgIpc) is 3.61. The van der Waals surface area contributed by atoms with E-state index < -0.39 is 6.04 Å². The van der Waals surface area contributed by atoms with Crippen LogP contribution in [0.5, 0.6) is 17.6 Å². The molecule has 0 saturated carbocycles. The molecular formula is C25H21ClN8O4. The fourth-order valence-electron chi connectivity index (χ4n) is 4.57. The minimum absolute atomic E-state index is 0.152. The highest BCUT2D eigenvalue weighted by Crippen LogP contribution is 2.43. The lowest BCUT2D eigenvalue weighted by Crippen LogP contribution is -2.29. The Kier molecular flexibility index (Phi) is 5.60. The van der Waals surface area contributed by atoms with E-state index in [0.717, 1.165) is 5.56 Å². The smallest absolute Gasteiger partial charge is 0.319 e. The summed E-state index contributed by atoms with van der Waals surface area (Å²) in [6, 6.07) is 8.68. The third-order valence-electron chi connectivity index (χ3n) is 6.36. The van der Waals surface area contributed by atoms with Gasteiger partial charge in [-0.05, 0) is 24.6 Å². The summed E-state index contributed by atoms with van der Waals surface area (Å²) in [7, 11) is 4.50. The summed E-state index contributed by atoms with van der Waals surface area (Å²) >= 11 is 6.18. The number of imidazole rings is 1. The van der Waals surface area contributed by atoms with Crippen molar-refractivity contribution in [2.45, 2.75) is 13.0 Å². The van der Waals surface area contributed by atoms with Gasteiger partial charge in [0.15, 0.2) is 11.4 Å². The van der Waals surface area contributed by atoms with E-state index in [0.29, 0.717) is 45.0 Å². The maximum Gasteiger partial charge on any atom is 0.319 e. The quantitative estimate of drug-likeness (QED) is 0.348.